The number of carbonyl (C=O) groups excluding carboxylic acids is 2. The van der Waals surface area contributed by atoms with Crippen LogP contribution in [0.4, 0.5) is 0 Å². The van der Waals surface area contributed by atoms with Gasteiger partial charge in [-0.05, 0) is 51.4 Å². The number of hydrogen-bond donors (Lipinski definition) is 1. The number of carbonyl (C=O) groups is 2. The molecule has 0 bridgehead atoms. The van der Waals surface area contributed by atoms with Crippen molar-refractivity contribution in [1.29, 1.82) is 0 Å². The molecule has 0 saturated carbocycles. The van der Waals surface area contributed by atoms with Crippen LogP contribution in [0.5, 0.6) is 0 Å². The second-order valence-corrected chi connectivity index (χ2v) is 27.5. The monoisotopic (exact) mass is 1230 g/mol. The maximum absolute atomic E-state index is 12.4. The average molecular weight is 1230 g/mol. The number of hydrogen-bond acceptors (Lipinski definition) is 5. The molecule has 0 rings (SSSR count). The van der Waals surface area contributed by atoms with E-state index in [0.717, 1.165) is 57.8 Å². The Hall–Kier alpha value is -2.14. The molecule has 88 heavy (non-hydrogen) atoms. The van der Waals surface area contributed by atoms with Crippen LogP contribution >= 0.6 is 0 Å². The first kappa shape index (κ1) is 85.9. The van der Waals surface area contributed by atoms with Crippen LogP contribution in [0.1, 0.15) is 450 Å². The molecule has 0 radical (unpaired) electrons. The Bertz CT molecular complexity index is 1450. The summed E-state index contributed by atoms with van der Waals surface area (Å²) in [5, 5.41) is 9.73. The van der Waals surface area contributed by atoms with Gasteiger partial charge in [0.05, 0.1) is 6.61 Å². The Kier molecular flexibility index (Phi) is 77.2. The fourth-order valence-electron chi connectivity index (χ4n) is 12.7. The Morgan fingerprint density at radius 3 is 0.739 bits per heavy atom. The van der Waals surface area contributed by atoms with E-state index >= 15 is 0 Å². The molecule has 1 atom stereocenters. The Morgan fingerprint density at radius 1 is 0.273 bits per heavy atom. The predicted molar refractivity (Wildman–Crippen MR) is 390 cm³/mol. The summed E-state index contributed by atoms with van der Waals surface area (Å²) in [6.07, 6.45) is 108. The third-order valence-corrected chi connectivity index (χ3v) is 18.6. The van der Waals surface area contributed by atoms with Crippen molar-refractivity contribution < 1.29 is 24.2 Å². The topological polar surface area (TPSA) is 72.8 Å². The fourth-order valence-corrected chi connectivity index (χ4v) is 12.7. The molecule has 0 aliphatic heterocycles. The molecule has 0 saturated heterocycles. The predicted octanol–water partition coefficient (Wildman–Crippen LogP) is 28.2. The van der Waals surface area contributed by atoms with Crippen molar-refractivity contribution in [3.63, 3.8) is 0 Å². The molecule has 0 fully saturated rings. The SMILES string of the molecule is CC/C=C\C/C=C\C/C=C\C/C=C\CCCCCCCCCCCCCCCCCCCCCCCCCCCCCCC(=O)OC(CO)COC(=O)CCCCCCCCCCCCCCCCCCCCCCCCCCCCCCCCCCC. The largest absolute Gasteiger partial charge is 0.462 e. The van der Waals surface area contributed by atoms with Gasteiger partial charge in [0.25, 0.3) is 0 Å². The molecule has 0 aromatic heterocycles. The van der Waals surface area contributed by atoms with Gasteiger partial charge in [0, 0.05) is 12.8 Å². The quantitative estimate of drug-likeness (QED) is 0.0373. The van der Waals surface area contributed by atoms with Gasteiger partial charge in [0.1, 0.15) is 6.61 Å². The van der Waals surface area contributed by atoms with Crippen molar-refractivity contribution in [3.8, 4) is 0 Å². The second-order valence-electron chi connectivity index (χ2n) is 27.5. The number of aliphatic hydroxyl groups is 1. The number of aliphatic hydroxyl groups excluding tert-OH is 1. The lowest BCUT2D eigenvalue weighted by molar-refractivity contribution is -0.161. The standard InChI is InChI=1S/C83H156O5/c1-3-5-7-9-11-13-15-17-19-21-23-25-27-29-31-33-35-37-38-39-40-41-42-43-44-46-48-50-52-54-56-58-60-62-64-66-68-70-72-74-76-78-83(86)88-81(79-84)80-87-82(85)77-75-73-71-69-67-65-63-61-59-57-55-53-51-49-47-45-36-34-32-30-28-26-24-22-20-18-16-14-12-10-8-6-4-2/h5,7,11,13,17,19,23,25,81,84H,3-4,6,8-10,12,14-16,18,20-22,24,26-80H2,1-2H3/b7-5-,13-11-,19-17-,25-23-. The molecule has 5 nitrogen and oxygen atoms in total. The zero-order valence-electron chi connectivity index (χ0n) is 59.8. The summed E-state index contributed by atoms with van der Waals surface area (Å²) in [6.45, 7) is 4.10. The molecular weight excluding hydrogens is 1080 g/mol. The normalized spacial score (nSPS) is 12.4. The Labute approximate surface area is 551 Å². The lowest BCUT2D eigenvalue weighted by Gasteiger charge is -2.15. The highest BCUT2D eigenvalue weighted by atomic mass is 16.6. The maximum atomic E-state index is 12.4. The van der Waals surface area contributed by atoms with Crippen molar-refractivity contribution in [1.82, 2.24) is 0 Å². The molecule has 1 N–H and O–H groups in total. The van der Waals surface area contributed by atoms with Gasteiger partial charge in [-0.3, -0.25) is 9.59 Å². The third kappa shape index (κ3) is 76.3. The summed E-state index contributed by atoms with van der Waals surface area (Å²) in [4.78, 5) is 24.7. The van der Waals surface area contributed by atoms with Gasteiger partial charge >= 0.3 is 11.9 Å². The minimum Gasteiger partial charge on any atom is -0.462 e. The van der Waals surface area contributed by atoms with Crippen LogP contribution in [0, 0.1) is 0 Å². The Balaban J connectivity index is 3.35. The lowest BCUT2D eigenvalue weighted by Crippen LogP contribution is -2.28. The minimum absolute atomic E-state index is 0.0576. The Morgan fingerprint density at radius 2 is 0.489 bits per heavy atom. The van der Waals surface area contributed by atoms with Crippen LogP contribution in [0.25, 0.3) is 0 Å². The van der Waals surface area contributed by atoms with Crippen LogP contribution in [0.15, 0.2) is 48.6 Å². The molecule has 0 aromatic carbocycles. The third-order valence-electron chi connectivity index (χ3n) is 18.6. The highest BCUT2D eigenvalue weighted by molar-refractivity contribution is 5.70. The van der Waals surface area contributed by atoms with E-state index in [2.05, 4.69) is 62.5 Å². The van der Waals surface area contributed by atoms with E-state index in [1.54, 1.807) is 0 Å². The molecule has 0 aromatic rings. The van der Waals surface area contributed by atoms with Crippen LogP contribution in [-0.2, 0) is 19.1 Å². The summed E-state index contributed by atoms with van der Waals surface area (Å²) >= 11 is 0. The molecular formula is C83H156O5. The van der Waals surface area contributed by atoms with Crippen LogP contribution in [0.2, 0.25) is 0 Å². The van der Waals surface area contributed by atoms with Gasteiger partial charge in [0.15, 0.2) is 6.10 Å². The van der Waals surface area contributed by atoms with Crippen molar-refractivity contribution in [2.24, 2.45) is 0 Å². The number of allylic oxidation sites excluding steroid dienone is 8. The van der Waals surface area contributed by atoms with E-state index in [4.69, 9.17) is 9.47 Å². The molecule has 0 spiro atoms. The number of unbranched alkanes of at least 4 members (excludes halogenated alkanes) is 60. The van der Waals surface area contributed by atoms with Crippen molar-refractivity contribution in [2.45, 2.75) is 457 Å². The van der Waals surface area contributed by atoms with E-state index in [1.807, 2.05) is 0 Å². The molecule has 5 heteroatoms. The van der Waals surface area contributed by atoms with E-state index in [0.29, 0.717) is 12.8 Å². The second kappa shape index (κ2) is 79.1. The first-order valence-corrected chi connectivity index (χ1v) is 40.2. The van der Waals surface area contributed by atoms with Gasteiger partial charge in [-0.25, -0.2) is 0 Å². The van der Waals surface area contributed by atoms with Gasteiger partial charge in [-0.1, -0.05) is 435 Å². The smallest absolute Gasteiger partial charge is 0.306 e. The van der Waals surface area contributed by atoms with Gasteiger partial charge in [-0.15, -0.1) is 0 Å². The van der Waals surface area contributed by atoms with Crippen LogP contribution in [0.3, 0.4) is 0 Å². The first-order valence-electron chi connectivity index (χ1n) is 40.2. The molecule has 518 valence electrons. The average Bonchev–Trinajstić information content (AvgIpc) is 3.56. The summed E-state index contributed by atoms with van der Waals surface area (Å²) in [7, 11) is 0. The van der Waals surface area contributed by atoms with Crippen LogP contribution in [-0.4, -0.2) is 36.4 Å². The highest BCUT2D eigenvalue weighted by Gasteiger charge is 2.16. The van der Waals surface area contributed by atoms with Crippen molar-refractivity contribution in [3.05, 3.63) is 48.6 Å². The lowest BCUT2D eigenvalue weighted by atomic mass is 10.0. The summed E-state index contributed by atoms with van der Waals surface area (Å²) in [6, 6.07) is 0. The van der Waals surface area contributed by atoms with Gasteiger partial charge in [0.2, 0.25) is 0 Å². The maximum Gasteiger partial charge on any atom is 0.306 e. The van der Waals surface area contributed by atoms with Gasteiger partial charge < -0.3 is 14.6 Å². The molecule has 1 unspecified atom stereocenters. The van der Waals surface area contributed by atoms with Crippen molar-refractivity contribution >= 4 is 11.9 Å². The number of rotatable bonds is 76. The zero-order valence-corrected chi connectivity index (χ0v) is 59.8. The van der Waals surface area contributed by atoms with Gasteiger partial charge in [-0.2, -0.15) is 0 Å². The molecule has 0 amide bonds. The fraction of sp³-hybridized carbons (Fsp3) is 0.880. The zero-order chi connectivity index (χ0) is 63.3. The first-order chi connectivity index (χ1) is 43.6. The van der Waals surface area contributed by atoms with Crippen molar-refractivity contribution in [2.75, 3.05) is 13.2 Å². The van der Waals surface area contributed by atoms with Crippen LogP contribution < -0.4 is 0 Å². The van der Waals surface area contributed by atoms with E-state index in [1.165, 1.54) is 366 Å². The van der Waals surface area contributed by atoms with E-state index in [9.17, 15) is 14.7 Å². The molecule has 0 aliphatic carbocycles. The number of ether oxygens (including phenoxy) is 2. The summed E-state index contributed by atoms with van der Waals surface area (Å²) in [5.74, 6) is -0.560. The highest BCUT2D eigenvalue weighted by Crippen LogP contribution is 2.20. The summed E-state index contributed by atoms with van der Waals surface area (Å²) in [5.41, 5.74) is 0. The molecule has 0 heterocycles. The van der Waals surface area contributed by atoms with E-state index < -0.39 is 6.10 Å². The molecule has 0 aliphatic rings. The number of esters is 2. The summed E-state index contributed by atoms with van der Waals surface area (Å²) < 4.78 is 10.8. The van der Waals surface area contributed by atoms with E-state index in [-0.39, 0.29) is 25.2 Å². The minimum atomic E-state index is -0.769.